The van der Waals surface area contributed by atoms with Gasteiger partial charge in [-0.3, -0.25) is 24.0 Å². The quantitative estimate of drug-likeness (QED) is 0.211. The smallest absolute Gasteiger partial charge is 0.305 e. The van der Waals surface area contributed by atoms with Crippen LogP contribution in [0.4, 0.5) is 0 Å². The molecule has 232 valence electrons. The highest BCUT2D eigenvalue weighted by Crippen LogP contribution is 2.31. The molecular weight excluding hydrogens is 572 g/mol. The van der Waals surface area contributed by atoms with Gasteiger partial charge in [0, 0.05) is 33.8 Å². The number of rotatable bonds is 12. The van der Waals surface area contributed by atoms with Gasteiger partial charge in [0.15, 0.2) is 18.8 Å². The van der Waals surface area contributed by atoms with Gasteiger partial charge >= 0.3 is 23.9 Å². The van der Waals surface area contributed by atoms with E-state index in [4.69, 9.17) is 37.9 Å². The Morgan fingerprint density at radius 1 is 0.698 bits per heavy atom. The van der Waals surface area contributed by atoms with Crippen LogP contribution in [0.25, 0.3) is 0 Å². The molecule has 43 heavy (non-hydrogen) atoms. The summed E-state index contributed by atoms with van der Waals surface area (Å²) >= 11 is 0. The monoisotopic (exact) mass is 604 g/mol. The number of esters is 4. The molecule has 0 spiro atoms. The number of carbonyl (C=O) groups is 5. The lowest BCUT2D eigenvalue weighted by Gasteiger charge is -2.43. The second-order valence-electron chi connectivity index (χ2n) is 9.25. The summed E-state index contributed by atoms with van der Waals surface area (Å²) in [5.74, 6) is -2.94. The van der Waals surface area contributed by atoms with E-state index < -0.39 is 66.1 Å². The van der Waals surface area contributed by atoms with Crippen LogP contribution >= 0.6 is 0 Å². The number of aromatic hydroxyl groups is 1. The van der Waals surface area contributed by atoms with Gasteiger partial charge in [0.25, 0.3) is 0 Å². The van der Waals surface area contributed by atoms with Gasteiger partial charge in [0.2, 0.25) is 18.2 Å². The Morgan fingerprint density at radius 2 is 1.23 bits per heavy atom. The fraction of sp³-hybridized carbons (Fsp3) is 0.414. The molecule has 0 aromatic heterocycles. The molecule has 0 bridgehead atoms. The van der Waals surface area contributed by atoms with Gasteiger partial charge in [-0.2, -0.15) is 0 Å². The second-order valence-corrected chi connectivity index (χ2v) is 9.25. The highest BCUT2D eigenvalue weighted by atomic mass is 16.7. The summed E-state index contributed by atoms with van der Waals surface area (Å²) in [5.41, 5.74) is -0.0263. The third-order valence-corrected chi connectivity index (χ3v) is 5.89. The molecular formula is C29H32O14. The molecule has 0 saturated carbocycles. The van der Waals surface area contributed by atoms with Gasteiger partial charge in [0.1, 0.15) is 35.7 Å². The molecule has 0 amide bonds. The maximum Gasteiger partial charge on any atom is 0.305 e. The third kappa shape index (κ3) is 9.33. The van der Waals surface area contributed by atoms with Crippen LogP contribution in [-0.4, -0.2) is 85.8 Å². The number of benzene rings is 2. The molecule has 1 aliphatic heterocycles. The molecule has 2 aromatic carbocycles. The first-order valence-electron chi connectivity index (χ1n) is 13.0. The molecule has 1 fully saturated rings. The molecule has 1 N–H and O–H groups in total. The Bertz CT molecular complexity index is 1320. The number of hydrogen-bond donors (Lipinski definition) is 1. The standard InChI is InChI=1S/C29H32O14/c1-15(30)39-26-25(43-29(42-18(4)33)28(41-17(3)32)27(26)40-16(2)31)14-38-21-10-11-22(23(34)12-21)24(35)13-37-20-8-6-19(36-5)7-9-20/h6-12,25-29,34H,13-14H2,1-5H3/t25-,26+,27-,28+,29+/m1/s1. The van der Waals surface area contributed by atoms with Crippen LogP contribution in [0.15, 0.2) is 42.5 Å². The number of phenols is 1. The van der Waals surface area contributed by atoms with Gasteiger partial charge < -0.3 is 43.0 Å². The molecule has 3 rings (SSSR count). The van der Waals surface area contributed by atoms with Crippen molar-refractivity contribution in [2.75, 3.05) is 20.3 Å². The van der Waals surface area contributed by atoms with Crippen molar-refractivity contribution < 1.29 is 67.0 Å². The first-order chi connectivity index (χ1) is 20.4. The van der Waals surface area contributed by atoms with Gasteiger partial charge in [-0.25, -0.2) is 0 Å². The van der Waals surface area contributed by atoms with Gasteiger partial charge in [-0.15, -0.1) is 0 Å². The zero-order valence-corrected chi connectivity index (χ0v) is 24.1. The summed E-state index contributed by atoms with van der Waals surface area (Å²) in [7, 11) is 1.52. The molecule has 0 unspecified atom stereocenters. The number of ether oxygens (including phenoxy) is 8. The molecule has 0 radical (unpaired) electrons. The van der Waals surface area contributed by atoms with Crippen molar-refractivity contribution in [3.8, 4) is 23.0 Å². The fourth-order valence-corrected chi connectivity index (χ4v) is 4.16. The summed E-state index contributed by atoms with van der Waals surface area (Å²) < 4.78 is 43.1. The van der Waals surface area contributed by atoms with E-state index >= 15 is 0 Å². The van der Waals surface area contributed by atoms with Crippen LogP contribution < -0.4 is 14.2 Å². The summed E-state index contributed by atoms with van der Waals surface area (Å²) in [6.45, 7) is 3.63. The van der Waals surface area contributed by atoms with Crippen LogP contribution in [0.5, 0.6) is 23.0 Å². The fourth-order valence-electron chi connectivity index (χ4n) is 4.16. The predicted octanol–water partition coefficient (Wildman–Crippen LogP) is 2.12. The lowest BCUT2D eigenvalue weighted by atomic mass is 9.98. The number of hydrogen-bond acceptors (Lipinski definition) is 14. The van der Waals surface area contributed by atoms with E-state index in [-0.39, 0.29) is 24.5 Å². The minimum atomic E-state index is -1.55. The van der Waals surface area contributed by atoms with E-state index in [2.05, 4.69) is 0 Å². The van der Waals surface area contributed by atoms with Crippen molar-refractivity contribution in [1.82, 2.24) is 0 Å². The normalized spacial score (nSPS) is 21.1. The summed E-state index contributed by atoms with van der Waals surface area (Å²) in [5, 5.41) is 10.5. The van der Waals surface area contributed by atoms with E-state index in [1.807, 2.05) is 0 Å². The van der Waals surface area contributed by atoms with Gasteiger partial charge in [-0.05, 0) is 36.4 Å². The SMILES string of the molecule is COc1ccc(OCC(=O)c2ccc(OC[C@H]3O[C@H](OC(C)=O)[C@@H](OC(C)=O)[C@H](OC(C)=O)[C@H]3OC(C)=O)cc2O)cc1. The number of phenolic OH excluding ortho intramolecular Hbond substituents is 1. The highest BCUT2D eigenvalue weighted by Gasteiger charge is 2.53. The number of carbonyl (C=O) groups excluding carboxylic acids is 5. The van der Waals surface area contributed by atoms with Crippen LogP contribution in [0.2, 0.25) is 0 Å². The van der Waals surface area contributed by atoms with Gasteiger partial charge in [0.05, 0.1) is 12.7 Å². The zero-order chi connectivity index (χ0) is 31.7. The van der Waals surface area contributed by atoms with Crippen LogP contribution in [0.1, 0.15) is 38.1 Å². The average Bonchev–Trinajstić information content (AvgIpc) is 2.93. The van der Waals surface area contributed by atoms with Crippen molar-refractivity contribution in [1.29, 1.82) is 0 Å². The van der Waals surface area contributed by atoms with E-state index in [1.165, 1.54) is 25.3 Å². The minimum Gasteiger partial charge on any atom is -0.507 e. The highest BCUT2D eigenvalue weighted by molar-refractivity contribution is 5.99. The number of methoxy groups -OCH3 is 1. The molecule has 1 saturated heterocycles. The minimum absolute atomic E-state index is 0.0263. The van der Waals surface area contributed by atoms with E-state index in [0.717, 1.165) is 27.7 Å². The first-order valence-corrected chi connectivity index (χ1v) is 13.0. The van der Waals surface area contributed by atoms with Gasteiger partial charge in [-0.1, -0.05) is 0 Å². The maximum absolute atomic E-state index is 12.6. The van der Waals surface area contributed by atoms with Crippen molar-refractivity contribution >= 4 is 29.7 Å². The predicted molar refractivity (Wildman–Crippen MR) is 144 cm³/mol. The topological polar surface area (TPSA) is 179 Å². The van der Waals surface area contributed by atoms with E-state index in [1.54, 1.807) is 24.3 Å². The molecule has 1 heterocycles. The lowest BCUT2D eigenvalue weighted by molar-refractivity contribution is -0.298. The molecule has 2 aromatic rings. The molecule has 14 nitrogen and oxygen atoms in total. The van der Waals surface area contributed by atoms with Crippen LogP contribution in [-0.2, 0) is 42.9 Å². The Kier molecular flexibility index (Phi) is 11.3. The maximum atomic E-state index is 12.6. The molecule has 14 heteroatoms. The number of ketones is 1. The molecule has 1 aliphatic rings. The van der Waals surface area contributed by atoms with Crippen LogP contribution in [0, 0.1) is 0 Å². The first kappa shape index (κ1) is 32.7. The van der Waals surface area contributed by atoms with Crippen molar-refractivity contribution in [2.45, 2.75) is 58.4 Å². The second kappa shape index (κ2) is 14.9. The van der Waals surface area contributed by atoms with Crippen molar-refractivity contribution in [2.24, 2.45) is 0 Å². The largest absolute Gasteiger partial charge is 0.507 e. The Morgan fingerprint density at radius 3 is 1.79 bits per heavy atom. The third-order valence-electron chi connectivity index (χ3n) is 5.89. The molecule has 5 atom stereocenters. The Labute approximate surface area is 246 Å². The van der Waals surface area contributed by atoms with Crippen molar-refractivity contribution in [3.63, 3.8) is 0 Å². The Balaban J connectivity index is 1.76. The van der Waals surface area contributed by atoms with E-state index in [9.17, 15) is 29.1 Å². The van der Waals surface area contributed by atoms with Crippen LogP contribution in [0.3, 0.4) is 0 Å². The lowest BCUT2D eigenvalue weighted by Crippen LogP contribution is -2.63. The van der Waals surface area contributed by atoms with E-state index in [0.29, 0.717) is 11.5 Å². The summed E-state index contributed by atoms with van der Waals surface area (Å²) in [6.07, 6.45) is -7.03. The summed E-state index contributed by atoms with van der Waals surface area (Å²) in [4.78, 5) is 60.0. The van der Waals surface area contributed by atoms with Crippen molar-refractivity contribution in [3.05, 3.63) is 48.0 Å². The summed E-state index contributed by atoms with van der Waals surface area (Å²) in [6, 6.07) is 10.5. The number of Topliss-reactive ketones (excluding diaryl/α,β-unsaturated/α-hetero) is 1. The molecule has 0 aliphatic carbocycles. The average molecular weight is 605 g/mol. The Hall–Kier alpha value is -4.85. The zero-order valence-electron chi connectivity index (χ0n) is 24.1.